The molecule has 0 radical (unpaired) electrons. The van der Waals surface area contributed by atoms with Crippen LogP contribution in [-0.4, -0.2) is 45.7 Å². The molecule has 27 heavy (non-hydrogen) atoms. The molecule has 3 aromatic rings. The Hall–Kier alpha value is -2.02. The van der Waals surface area contributed by atoms with Gasteiger partial charge < -0.3 is 10.3 Å². The molecule has 2 N–H and O–H groups in total. The number of carbonyl (C=O) groups is 1. The number of likely N-dealkylation sites (tertiary alicyclic amines) is 1. The maximum atomic E-state index is 12.3. The molecule has 0 spiro atoms. The molecule has 1 aliphatic rings. The van der Waals surface area contributed by atoms with Gasteiger partial charge in [-0.05, 0) is 30.2 Å². The third-order valence-electron chi connectivity index (χ3n) is 4.65. The van der Waals surface area contributed by atoms with E-state index in [0.717, 1.165) is 42.2 Å². The third-order valence-corrected chi connectivity index (χ3v) is 5.76. The van der Waals surface area contributed by atoms with E-state index >= 15 is 0 Å². The normalized spacial score (nSPS) is 17.4. The van der Waals surface area contributed by atoms with Crippen molar-refractivity contribution >= 4 is 40.3 Å². The van der Waals surface area contributed by atoms with Gasteiger partial charge in [-0.25, -0.2) is 4.98 Å². The lowest BCUT2D eigenvalue weighted by Crippen LogP contribution is -2.38. The van der Waals surface area contributed by atoms with Gasteiger partial charge in [0.25, 0.3) is 0 Å². The monoisotopic (exact) mass is 400 g/mol. The quantitative estimate of drug-likeness (QED) is 0.619. The Bertz CT molecular complexity index is 930. The van der Waals surface area contributed by atoms with Crippen LogP contribution in [0.3, 0.4) is 0 Å². The number of hydrogen-bond acceptors (Lipinski definition) is 4. The second kappa shape index (κ2) is 8.33. The van der Waals surface area contributed by atoms with Gasteiger partial charge in [0.15, 0.2) is 5.16 Å². The van der Waals surface area contributed by atoms with Gasteiger partial charge in [0.1, 0.15) is 0 Å². The van der Waals surface area contributed by atoms with Crippen molar-refractivity contribution in [2.45, 2.75) is 24.2 Å². The van der Waals surface area contributed by atoms with Crippen LogP contribution in [0.15, 0.2) is 53.7 Å². The summed E-state index contributed by atoms with van der Waals surface area (Å²) in [5.74, 6) is 0.396. The van der Waals surface area contributed by atoms with Crippen molar-refractivity contribution < 1.29 is 4.79 Å². The van der Waals surface area contributed by atoms with Crippen molar-refractivity contribution in [1.82, 2.24) is 20.2 Å². The van der Waals surface area contributed by atoms with Crippen LogP contribution < -0.4 is 5.32 Å². The van der Waals surface area contributed by atoms with E-state index in [1.54, 1.807) is 0 Å². The Morgan fingerprint density at radius 2 is 2.15 bits per heavy atom. The molecular formula is C20H21ClN4OS. The summed E-state index contributed by atoms with van der Waals surface area (Å²) in [6.07, 6.45) is 0.992. The number of rotatable bonds is 6. The predicted octanol–water partition coefficient (Wildman–Crippen LogP) is 3.70. The molecular weight excluding hydrogens is 380 g/mol. The van der Waals surface area contributed by atoms with Gasteiger partial charge in [-0.1, -0.05) is 53.7 Å². The zero-order chi connectivity index (χ0) is 18.6. The van der Waals surface area contributed by atoms with E-state index in [1.165, 1.54) is 17.3 Å². The first-order valence-corrected chi connectivity index (χ1v) is 10.4. The number of carbonyl (C=O) groups excluding carboxylic acids is 1. The summed E-state index contributed by atoms with van der Waals surface area (Å²) in [7, 11) is 0. The minimum absolute atomic E-state index is 0.0463. The zero-order valence-electron chi connectivity index (χ0n) is 14.8. The number of aromatic amines is 1. The predicted molar refractivity (Wildman–Crippen MR) is 110 cm³/mol. The number of H-pyrrole nitrogens is 1. The average molecular weight is 401 g/mol. The van der Waals surface area contributed by atoms with Gasteiger partial charge in [0.2, 0.25) is 5.91 Å². The summed E-state index contributed by atoms with van der Waals surface area (Å²) in [4.78, 5) is 22.4. The fourth-order valence-corrected chi connectivity index (χ4v) is 4.23. The second-order valence-corrected chi connectivity index (χ2v) is 8.17. The number of thioether (sulfide) groups is 1. The van der Waals surface area contributed by atoms with E-state index in [0.29, 0.717) is 10.8 Å². The highest BCUT2D eigenvalue weighted by atomic mass is 35.5. The lowest BCUT2D eigenvalue weighted by molar-refractivity contribution is -0.119. The number of imidazole rings is 1. The first-order chi connectivity index (χ1) is 13.2. The van der Waals surface area contributed by atoms with E-state index in [1.807, 2.05) is 24.3 Å². The standard InChI is InChI=1S/C20H21ClN4OS/c21-15-6-7-17-18(10-15)24-20(23-17)27-13-19(26)22-16-8-9-25(12-16)11-14-4-2-1-3-5-14/h1-7,10,16H,8-9,11-13H2,(H,22,26)(H,23,24). The van der Waals surface area contributed by atoms with Crippen LogP contribution >= 0.6 is 23.4 Å². The average Bonchev–Trinajstić information content (AvgIpc) is 3.27. The number of fused-ring (bicyclic) bond motifs is 1. The molecule has 0 bridgehead atoms. The third kappa shape index (κ3) is 4.83. The number of benzene rings is 2. The van der Waals surface area contributed by atoms with Gasteiger partial charge in [-0.2, -0.15) is 0 Å². The van der Waals surface area contributed by atoms with Crippen molar-refractivity contribution in [3.05, 3.63) is 59.1 Å². The zero-order valence-corrected chi connectivity index (χ0v) is 16.4. The first kappa shape index (κ1) is 18.3. The van der Waals surface area contributed by atoms with Crippen LogP contribution in [0.5, 0.6) is 0 Å². The van der Waals surface area contributed by atoms with Crippen LogP contribution in [0.2, 0.25) is 5.02 Å². The molecule has 1 atom stereocenters. The molecule has 4 rings (SSSR count). The number of halogens is 1. The van der Waals surface area contributed by atoms with Crippen LogP contribution in [-0.2, 0) is 11.3 Å². The van der Waals surface area contributed by atoms with Crippen LogP contribution in [0.4, 0.5) is 0 Å². The maximum absolute atomic E-state index is 12.3. The molecule has 7 heteroatoms. The minimum Gasteiger partial charge on any atom is -0.351 e. The molecule has 1 fully saturated rings. The summed E-state index contributed by atoms with van der Waals surface area (Å²) < 4.78 is 0. The van der Waals surface area contributed by atoms with Crippen molar-refractivity contribution in [3.8, 4) is 0 Å². The largest absolute Gasteiger partial charge is 0.351 e. The van der Waals surface area contributed by atoms with Gasteiger partial charge in [-0.15, -0.1) is 0 Å². The Morgan fingerprint density at radius 1 is 1.30 bits per heavy atom. The molecule has 5 nitrogen and oxygen atoms in total. The summed E-state index contributed by atoms with van der Waals surface area (Å²) in [6, 6.07) is 16.2. The van der Waals surface area contributed by atoms with Crippen molar-refractivity contribution in [2.24, 2.45) is 0 Å². The van der Waals surface area contributed by atoms with E-state index < -0.39 is 0 Å². The molecule has 140 valence electrons. The molecule has 0 saturated carbocycles. The van der Waals surface area contributed by atoms with Crippen molar-refractivity contribution in [1.29, 1.82) is 0 Å². The highest BCUT2D eigenvalue weighted by Crippen LogP contribution is 2.22. The number of nitrogens with one attached hydrogen (secondary N) is 2. The molecule has 1 amide bonds. The highest BCUT2D eigenvalue weighted by Gasteiger charge is 2.23. The Morgan fingerprint density at radius 3 is 3.00 bits per heavy atom. The number of aromatic nitrogens is 2. The Balaban J connectivity index is 1.24. The lowest BCUT2D eigenvalue weighted by Gasteiger charge is -2.16. The lowest BCUT2D eigenvalue weighted by atomic mass is 10.2. The molecule has 1 aliphatic heterocycles. The van der Waals surface area contributed by atoms with E-state index in [4.69, 9.17) is 11.6 Å². The fourth-order valence-electron chi connectivity index (χ4n) is 3.37. The topological polar surface area (TPSA) is 61.0 Å². The van der Waals surface area contributed by atoms with Crippen molar-refractivity contribution in [2.75, 3.05) is 18.8 Å². The maximum Gasteiger partial charge on any atom is 0.230 e. The van der Waals surface area contributed by atoms with Crippen LogP contribution in [0, 0.1) is 0 Å². The highest BCUT2D eigenvalue weighted by molar-refractivity contribution is 7.99. The molecule has 2 heterocycles. The van der Waals surface area contributed by atoms with Crippen molar-refractivity contribution in [3.63, 3.8) is 0 Å². The van der Waals surface area contributed by atoms with E-state index in [2.05, 4.69) is 44.5 Å². The SMILES string of the molecule is O=C(CSc1nc2ccc(Cl)cc2[nH]1)NC1CCN(Cc2ccccc2)C1. The molecule has 1 unspecified atom stereocenters. The van der Waals surface area contributed by atoms with E-state index in [-0.39, 0.29) is 11.9 Å². The number of nitrogens with zero attached hydrogens (tertiary/aromatic N) is 2. The summed E-state index contributed by atoms with van der Waals surface area (Å²) in [5.41, 5.74) is 3.05. The summed E-state index contributed by atoms with van der Waals surface area (Å²) in [6.45, 7) is 2.84. The molecule has 2 aromatic carbocycles. The number of amides is 1. The first-order valence-electron chi connectivity index (χ1n) is 8.99. The van der Waals surface area contributed by atoms with Gasteiger partial charge in [-0.3, -0.25) is 9.69 Å². The fraction of sp³-hybridized carbons (Fsp3) is 0.300. The van der Waals surface area contributed by atoms with Gasteiger partial charge >= 0.3 is 0 Å². The number of hydrogen-bond donors (Lipinski definition) is 2. The Kier molecular flexibility index (Phi) is 5.66. The minimum atomic E-state index is 0.0463. The summed E-state index contributed by atoms with van der Waals surface area (Å²) in [5, 5.41) is 4.55. The summed E-state index contributed by atoms with van der Waals surface area (Å²) >= 11 is 7.40. The van der Waals surface area contributed by atoms with Crippen LogP contribution in [0.25, 0.3) is 11.0 Å². The van der Waals surface area contributed by atoms with Gasteiger partial charge in [0.05, 0.1) is 16.8 Å². The van der Waals surface area contributed by atoms with Gasteiger partial charge in [0, 0.05) is 30.7 Å². The van der Waals surface area contributed by atoms with E-state index in [9.17, 15) is 4.79 Å². The molecule has 0 aliphatic carbocycles. The van der Waals surface area contributed by atoms with Crippen LogP contribution in [0.1, 0.15) is 12.0 Å². The molecule has 1 saturated heterocycles. The smallest absolute Gasteiger partial charge is 0.230 e. The molecule has 1 aromatic heterocycles. The second-order valence-electron chi connectivity index (χ2n) is 6.77. The Labute approximate surface area is 167 Å².